The number of hydrogen-bond acceptors (Lipinski definition) is 4. The van der Waals surface area contributed by atoms with E-state index in [0.717, 1.165) is 11.1 Å². The molecule has 0 aliphatic heterocycles. The van der Waals surface area contributed by atoms with Gasteiger partial charge in [0.15, 0.2) is 0 Å². The van der Waals surface area contributed by atoms with Gasteiger partial charge in [-0.2, -0.15) is 0 Å². The molecule has 0 aromatic heterocycles. The van der Waals surface area contributed by atoms with Gasteiger partial charge >= 0.3 is 0 Å². The molecule has 0 unspecified atom stereocenters. The average Bonchev–Trinajstić information content (AvgIpc) is 2.44. The van der Waals surface area contributed by atoms with Crippen LogP contribution < -0.4 is 11.1 Å². The van der Waals surface area contributed by atoms with Gasteiger partial charge in [-0.15, -0.1) is 0 Å². The summed E-state index contributed by atoms with van der Waals surface area (Å²) in [5.41, 5.74) is 7.26. The van der Waals surface area contributed by atoms with Crippen LogP contribution in [0.1, 0.15) is 25.0 Å². The Hall–Kier alpha value is -1.92. The first-order valence-corrected chi connectivity index (χ1v) is 7.28. The summed E-state index contributed by atoms with van der Waals surface area (Å²) in [5, 5.41) is 2.85. The zero-order chi connectivity index (χ0) is 16.5. The van der Waals surface area contributed by atoms with Crippen molar-refractivity contribution in [1.29, 1.82) is 0 Å². The summed E-state index contributed by atoms with van der Waals surface area (Å²) < 4.78 is 5.09. The van der Waals surface area contributed by atoms with Crippen molar-refractivity contribution in [2.75, 3.05) is 20.2 Å². The second-order valence-electron chi connectivity index (χ2n) is 5.49. The Kier molecular flexibility index (Phi) is 7.56. The minimum absolute atomic E-state index is 0.0725. The third kappa shape index (κ3) is 6.69. The molecule has 22 heavy (non-hydrogen) atoms. The smallest absolute Gasteiger partial charge is 0.234 e. The molecule has 2 amide bonds. The Morgan fingerprint density at radius 1 is 1.27 bits per heavy atom. The van der Waals surface area contributed by atoms with Crippen molar-refractivity contribution in [3.8, 4) is 0 Å². The fourth-order valence-electron chi connectivity index (χ4n) is 2.06. The molecular weight excluding hydrogens is 282 g/mol. The van der Waals surface area contributed by atoms with Crippen molar-refractivity contribution >= 4 is 11.8 Å². The van der Waals surface area contributed by atoms with Crippen molar-refractivity contribution in [3.63, 3.8) is 0 Å². The van der Waals surface area contributed by atoms with E-state index in [9.17, 15) is 9.59 Å². The van der Waals surface area contributed by atoms with E-state index in [1.165, 1.54) is 0 Å². The topological polar surface area (TPSA) is 84.7 Å². The second-order valence-corrected chi connectivity index (χ2v) is 5.49. The highest BCUT2D eigenvalue weighted by atomic mass is 16.5. The molecule has 0 aliphatic rings. The van der Waals surface area contributed by atoms with Crippen LogP contribution in [0.5, 0.6) is 0 Å². The maximum Gasteiger partial charge on any atom is 0.234 e. The molecule has 6 nitrogen and oxygen atoms in total. The summed E-state index contributed by atoms with van der Waals surface area (Å²) in [6, 6.07) is 7.92. The summed E-state index contributed by atoms with van der Waals surface area (Å²) >= 11 is 0. The maximum atomic E-state index is 12.0. The summed E-state index contributed by atoms with van der Waals surface area (Å²) in [4.78, 5) is 24.7. The first-order valence-electron chi connectivity index (χ1n) is 7.28. The van der Waals surface area contributed by atoms with Gasteiger partial charge in [-0.05, 0) is 25.0 Å². The van der Waals surface area contributed by atoms with Crippen molar-refractivity contribution < 1.29 is 14.3 Å². The summed E-state index contributed by atoms with van der Waals surface area (Å²) in [5.74, 6) is -0.569. The van der Waals surface area contributed by atoms with Crippen LogP contribution >= 0.6 is 0 Å². The molecule has 3 N–H and O–H groups in total. The number of carbonyl (C=O) groups is 2. The third-order valence-electron chi connectivity index (χ3n) is 3.23. The summed E-state index contributed by atoms with van der Waals surface area (Å²) in [7, 11) is 1.65. The van der Waals surface area contributed by atoms with Crippen LogP contribution in [0.4, 0.5) is 0 Å². The van der Waals surface area contributed by atoms with Gasteiger partial charge in [-0.3, -0.25) is 14.5 Å². The van der Waals surface area contributed by atoms with E-state index in [-0.39, 0.29) is 25.0 Å². The van der Waals surface area contributed by atoms with E-state index in [1.54, 1.807) is 12.0 Å². The molecule has 0 fully saturated rings. The third-order valence-corrected chi connectivity index (χ3v) is 3.23. The van der Waals surface area contributed by atoms with Crippen LogP contribution in [0.2, 0.25) is 0 Å². The van der Waals surface area contributed by atoms with E-state index in [4.69, 9.17) is 10.5 Å². The minimum Gasteiger partial charge on any atom is -0.380 e. The highest BCUT2D eigenvalue weighted by molar-refractivity contribution is 5.80. The van der Waals surface area contributed by atoms with E-state index in [0.29, 0.717) is 13.2 Å². The molecule has 0 radical (unpaired) electrons. The zero-order valence-corrected chi connectivity index (χ0v) is 13.5. The molecule has 122 valence electrons. The van der Waals surface area contributed by atoms with Crippen LogP contribution in [-0.4, -0.2) is 43.0 Å². The maximum absolute atomic E-state index is 12.0. The van der Waals surface area contributed by atoms with Gasteiger partial charge in [0, 0.05) is 19.7 Å². The standard InChI is InChI=1S/C16H25N3O3/c1-12(2)19(9-15(17)20)10-16(21)18-8-13-5-4-6-14(7-13)11-22-3/h4-7,12H,8-11H2,1-3H3,(H2,17,20)(H,18,21). The first kappa shape index (κ1) is 18.1. The van der Waals surface area contributed by atoms with E-state index < -0.39 is 5.91 Å². The van der Waals surface area contributed by atoms with Crippen LogP contribution in [-0.2, 0) is 27.5 Å². The SMILES string of the molecule is COCc1cccc(CNC(=O)CN(CC(N)=O)C(C)C)c1. The van der Waals surface area contributed by atoms with Gasteiger partial charge in [-0.1, -0.05) is 24.3 Å². The Morgan fingerprint density at radius 2 is 1.95 bits per heavy atom. The Bertz CT molecular complexity index is 503. The number of hydrogen-bond donors (Lipinski definition) is 2. The summed E-state index contributed by atoms with van der Waals surface area (Å²) in [6.45, 7) is 5.06. The molecule has 6 heteroatoms. The van der Waals surface area contributed by atoms with Gasteiger partial charge in [-0.25, -0.2) is 0 Å². The normalized spacial score (nSPS) is 11.0. The lowest BCUT2D eigenvalue weighted by atomic mass is 10.1. The quantitative estimate of drug-likeness (QED) is 0.701. The fraction of sp³-hybridized carbons (Fsp3) is 0.500. The predicted octanol–water partition coefficient (Wildman–Crippen LogP) is 0.645. The molecule has 0 saturated heterocycles. The lowest BCUT2D eigenvalue weighted by Crippen LogP contribution is -2.44. The van der Waals surface area contributed by atoms with Crippen molar-refractivity contribution in [3.05, 3.63) is 35.4 Å². The number of nitrogens with zero attached hydrogens (tertiary/aromatic N) is 1. The predicted molar refractivity (Wildman–Crippen MR) is 84.9 cm³/mol. The number of ether oxygens (including phenoxy) is 1. The minimum atomic E-state index is -0.436. The summed E-state index contributed by atoms with van der Waals surface area (Å²) in [6.07, 6.45) is 0. The van der Waals surface area contributed by atoms with Gasteiger partial charge in [0.1, 0.15) is 0 Å². The number of methoxy groups -OCH3 is 1. The lowest BCUT2D eigenvalue weighted by molar-refractivity contribution is -0.124. The van der Waals surface area contributed by atoms with Crippen LogP contribution in [0.25, 0.3) is 0 Å². The molecular formula is C16H25N3O3. The number of nitrogens with one attached hydrogen (secondary N) is 1. The van der Waals surface area contributed by atoms with E-state index in [2.05, 4.69) is 5.32 Å². The van der Waals surface area contributed by atoms with Crippen molar-refractivity contribution in [2.24, 2.45) is 5.73 Å². The Labute approximate surface area is 131 Å². The lowest BCUT2D eigenvalue weighted by Gasteiger charge is -2.24. The molecule has 0 saturated carbocycles. The number of primary amides is 1. The largest absolute Gasteiger partial charge is 0.380 e. The molecule has 0 bridgehead atoms. The van der Waals surface area contributed by atoms with Gasteiger partial charge in [0.05, 0.1) is 19.7 Å². The van der Waals surface area contributed by atoms with Crippen LogP contribution in [0.15, 0.2) is 24.3 Å². The molecule has 0 aliphatic carbocycles. The molecule has 0 spiro atoms. The van der Waals surface area contributed by atoms with E-state index in [1.807, 2.05) is 38.1 Å². The fourth-order valence-corrected chi connectivity index (χ4v) is 2.06. The number of benzene rings is 1. The second kappa shape index (κ2) is 9.17. The monoisotopic (exact) mass is 307 g/mol. The molecule has 1 rings (SSSR count). The number of nitrogens with two attached hydrogens (primary N) is 1. The Morgan fingerprint density at radius 3 is 2.55 bits per heavy atom. The van der Waals surface area contributed by atoms with Crippen LogP contribution in [0, 0.1) is 0 Å². The Balaban J connectivity index is 2.51. The van der Waals surface area contributed by atoms with Gasteiger partial charge in [0.2, 0.25) is 11.8 Å². The highest BCUT2D eigenvalue weighted by Gasteiger charge is 2.15. The van der Waals surface area contributed by atoms with Crippen molar-refractivity contribution in [2.45, 2.75) is 33.0 Å². The van der Waals surface area contributed by atoms with Gasteiger partial charge < -0.3 is 15.8 Å². The van der Waals surface area contributed by atoms with Gasteiger partial charge in [0.25, 0.3) is 0 Å². The molecule has 1 aromatic rings. The number of amides is 2. The van der Waals surface area contributed by atoms with Crippen molar-refractivity contribution in [1.82, 2.24) is 10.2 Å². The number of rotatable bonds is 9. The zero-order valence-electron chi connectivity index (χ0n) is 13.5. The first-order chi connectivity index (χ1) is 10.4. The van der Waals surface area contributed by atoms with E-state index >= 15 is 0 Å². The molecule has 1 aromatic carbocycles. The molecule has 0 heterocycles. The number of carbonyl (C=O) groups excluding carboxylic acids is 2. The highest BCUT2D eigenvalue weighted by Crippen LogP contribution is 2.06. The van der Waals surface area contributed by atoms with Crippen LogP contribution in [0.3, 0.4) is 0 Å². The average molecular weight is 307 g/mol. The molecule has 0 atom stereocenters.